The van der Waals surface area contributed by atoms with Crippen molar-refractivity contribution >= 4 is 8.56 Å². The Kier molecular flexibility index (Phi) is 5.79. The molecule has 3 nitrogen and oxygen atoms in total. The third kappa shape index (κ3) is 3.77. The summed E-state index contributed by atoms with van der Waals surface area (Å²) in [6.07, 6.45) is 0. The van der Waals surface area contributed by atoms with E-state index in [2.05, 4.69) is 41.8 Å². The van der Waals surface area contributed by atoms with Crippen LogP contribution in [0.15, 0.2) is 0 Å². The van der Waals surface area contributed by atoms with Crippen molar-refractivity contribution in [1.82, 2.24) is 14.5 Å². The Hall–Kier alpha value is 0.0969. The van der Waals surface area contributed by atoms with Crippen LogP contribution in [0.25, 0.3) is 0 Å². The van der Waals surface area contributed by atoms with Crippen LogP contribution in [0.1, 0.15) is 20.8 Å². The molecule has 0 bridgehead atoms. The summed E-state index contributed by atoms with van der Waals surface area (Å²) in [5.74, 6) is 0.730. The van der Waals surface area contributed by atoms with Crippen molar-refractivity contribution in [3.8, 4) is 0 Å². The van der Waals surface area contributed by atoms with Gasteiger partial charge in [-0.3, -0.25) is 4.57 Å². The van der Waals surface area contributed by atoms with Crippen LogP contribution in [0.5, 0.6) is 0 Å². The second-order valence-corrected chi connectivity index (χ2v) is 7.78. The van der Waals surface area contributed by atoms with Gasteiger partial charge in [0.15, 0.2) is 0 Å². The van der Waals surface area contributed by atoms with Gasteiger partial charge in [-0.2, -0.15) is 0 Å². The molecule has 4 heteroatoms. The molecule has 0 radical (unpaired) electrons. The van der Waals surface area contributed by atoms with Crippen molar-refractivity contribution in [3.63, 3.8) is 0 Å². The average molecular weight is 203 g/mol. The minimum atomic E-state index is -1.56. The number of nitrogens with zero attached hydrogens (tertiary/aromatic N) is 1. The van der Waals surface area contributed by atoms with Gasteiger partial charge in [-0.15, -0.1) is 0 Å². The molecule has 2 N–H and O–H groups in total. The number of hydrogen-bond acceptors (Lipinski definition) is 3. The highest BCUT2D eigenvalue weighted by Gasteiger charge is 2.31. The van der Waals surface area contributed by atoms with Gasteiger partial charge in [0.05, 0.1) is 0 Å². The van der Waals surface area contributed by atoms with Gasteiger partial charge >= 0.3 is 0 Å². The highest BCUT2D eigenvalue weighted by molar-refractivity contribution is 6.70. The monoisotopic (exact) mass is 203 g/mol. The lowest BCUT2D eigenvalue weighted by atomic mass is 10.2. The molecule has 0 fully saturated rings. The maximum absolute atomic E-state index is 3.44. The molecule has 0 heterocycles. The Morgan fingerprint density at radius 3 is 1.92 bits per heavy atom. The molecular weight excluding hydrogens is 178 g/mol. The SMILES string of the molecule is CCN(CC(C)C)[Si](C)(NC)NC. The Morgan fingerprint density at radius 1 is 1.23 bits per heavy atom. The number of rotatable bonds is 6. The lowest BCUT2D eigenvalue weighted by Crippen LogP contribution is -2.69. The smallest absolute Gasteiger partial charge is 0.280 e. The lowest BCUT2D eigenvalue weighted by molar-refractivity contribution is 0.368. The molecule has 0 saturated heterocycles. The van der Waals surface area contributed by atoms with E-state index in [4.69, 9.17) is 0 Å². The third-order valence-electron chi connectivity index (χ3n) is 2.57. The molecule has 0 saturated carbocycles. The number of nitrogens with one attached hydrogen (secondary N) is 2. The zero-order valence-corrected chi connectivity index (χ0v) is 10.9. The average Bonchev–Trinajstić information content (AvgIpc) is 2.12. The van der Waals surface area contributed by atoms with E-state index in [9.17, 15) is 0 Å². The molecule has 80 valence electrons. The summed E-state index contributed by atoms with van der Waals surface area (Å²) in [6.45, 7) is 11.3. The second kappa shape index (κ2) is 5.75. The predicted molar refractivity (Wildman–Crippen MR) is 61.8 cm³/mol. The van der Waals surface area contributed by atoms with Crippen molar-refractivity contribution in [1.29, 1.82) is 0 Å². The van der Waals surface area contributed by atoms with Crippen molar-refractivity contribution in [3.05, 3.63) is 0 Å². The molecule has 0 unspecified atom stereocenters. The molecule has 0 atom stereocenters. The van der Waals surface area contributed by atoms with Gasteiger partial charge in [0.25, 0.3) is 8.56 Å². The highest BCUT2D eigenvalue weighted by Crippen LogP contribution is 2.05. The highest BCUT2D eigenvalue weighted by atomic mass is 28.4. The summed E-state index contributed by atoms with van der Waals surface area (Å²) in [7, 11) is 2.54. The Balaban J connectivity index is 4.34. The Bertz CT molecular complexity index is 135. The minimum Gasteiger partial charge on any atom is -0.316 e. The first kappa shape index (κ1) is 13.1. The van der Waals surface area contributed by atoms with Gasteiger partial charge < -0.3 is 9.96 Å². The van der Waals surface area contributed by atoms with E-state index in [-0.39, 0.29) is 0 Å². The topological polar surface area (TPSA) is 27.3 Å². The van der Waals surface area contributed by atoms with Crippen molar-refractivity contribution in [2.24, 2.45) is 5.92 Å². The zero-order valence-electron chi connectivity index (χ0n) is 9.94. The first-order valence-corrected chi connectivity index (χ1v) is 7.57. The van der Waals surface area contributed by atoms with Gasteiger partial charge in [-0.05, 0) is 39.6 Å². The first-order chi connectivity index (χ1) is 6.00. The molecule has 0 aromatic carbocycles. The van der Waals surface area contributed by atoms with E-state index >= 15 is 0 Å². The van der Waals surface area contributed by atoms with Crippen LogP contribution < -0.4 is 9.96 Å². The number of hydrogen-bond donors (Lipinski definition) is 2. The zero-order chi connectivity index (χ0) is 10.5. The third-order valence-corrected chi connectivity index (χ3v) is 6.28. The van der Waals surface area contributed by atoms with Gasteiger partial charge in [0.2, 0.25) is 0 Å². The van der Waals surface area contributed by atoms with Gasteiger partial charge in [-0.25, -0.2) is 0 Å². The van der Waals surface area contributed by atoms with Crippen LogP contribution in [0, 0.1) is 5.92 Å². The summed E-state index contributed by atoms with van der Waals surface area (Å²) in [4.78, 5) is 6.88. The van der Waals surface area contributed by atoms with Crippen molar-refractivity contribution in [2.75, 3.05) is 27.2 Å². The summed E-state index contributed by atoms with van der Waals surface area (Å²) < 4.78 is 2.54. The largest absolute Gasteiger partial charge is 0.316 e. The maximum Gasteiger partial charge on any atom is 0.280 e. The molecule has 0 aliphatic heterocycles. The standard InChI is InChI=1S/C9H25N3Si/c1-7-12(8-9(2)3)13(6,10-4)11-5/h9-11H,7-8H2,1-6H3. The van der Waals surface area contributed by atoms with Crippen LogP contribution in [-0.2, 0) is 0 Å². The Labute approximate surface area is 84.1 Å². The molecule has 0 amide bonds. The van der Waals surface area contributed by atoms with Crippen molar-refractivity contribution in [2.45, 2.75) is 27.3 Å². The normalized spacial score (nSPS) is 12.9. The Morgan fingerprint density at radius 2 is 1.69 bits per heavy atom. The van der Waals surface area contributed by atoms with Crippen LogP contribution in [0.4, 0.5) is 0 Å². The fourth-order valence-electron chi connectivity index (χ4n) is 1.51. The van der Waals surface area contributed by atoms with E-state index in [1.807, 2.05) is 14.1 Å². The van der Waals surface area contributed by atoms with Gasteiger partial charge in [0.1, 0.15) is 0 Å². The molecule has 0 aliphatic rings. The molecule has 0 spiro atoms. The van der Waals surface area contributed by atoms with E-state index < -0.39 is 8.56 Å². The minimum absolute atomic E-state index is 0.730. The summed E-state index contributed by atoms with van der Waals surface area (Å²) >= 11 is 0. The van der Waals surface area contributed by atoms with E-state index in [1.54, 1.807) is 0 Å². The summed E-state index contributed by atoms with van der Waals surface area (Å²) in [5.41, 5.74) is 0. The van der Waals surface area contributed by atoms with Crippen LogP contribution in [0.3, 0.4) is 0 Å². The van der Waals surface area contributed by atoms with Crippen LogP contribution in [-0.4, -0.2) is 40.3 Å². The van der Waals surface area contributed by atoms with E-state index in [0.717, 1.165) is 12.5 Å². The molecular formula is C9H25N3Si. The quantitative estimate of drug-likeness (QED) is 0.630. The molecule has 0 aromatic rings. The van der Waals surface area contributed by atoms with Crippen molar-refractivity contribution < 1.29 is 0 Å². The van der Waals surface area contributed by atoms with E-state index in [1.165, 1.54) is 6.54 Å². The fraction of sp³-hybridized carbons (Fsp3) is 1.00. The summed E-state index contributed by atoms with van der Waals surface area (Å²) in [6, 6.07) is 0. The van der Waals surface area contributed by atoms with Gasteiger partial charge in [0, 0.05) is 0 Å². The predicted octanol–water partition coefficient (Wildman–Crippen LogP) is 0.972. The second-order valence-electron chi connectivity index (χ2n) is 4.00. The van der Waals surface area contributed by atoms with Crippen LogP contribution >= 0.6 is 0 Å². The molecule has 0 rings (SSSR count). The lowest BCUT2D eigenvalue weighted by Gasteiger charge is -2.38. The van der Waals surface area contributed by atoms with Crippen LogP contribution in [0.2, 0.25) is 6.55 Å². The molecule has 13 heavy (non-hydrogen) atoms. The van der Waals surface area contributed by atoms with E-state index in [0.29, 0.717) is 0 Å². The first-order valence-electron chi connectivity index (χ1n) is 5.13. The van der Waals surface area contributed by atoms with Gasteiger partial charge in [-0.1, -0.05) is 20.8 Å². The molecule has 0 aromatic heterocycles. The fourth-order valence-corrected chi connectivity index (χ4v) is 3.76. The summed E-state index contributed by atoms with van der Waals surface area (Å²) in [5, 5.41) is 0. The maximum atomic E-state index is 3.44. The molecule has 0 aliphatic carbocycles.